The van der Waals surface area contributed by atoms with Crippen LogP contribution >= 0.6 is 11.8 Å². The maximum absolute atomic E-state index is 12.5. The van der Waals surface area contributed by atoms with Gasteiger partial charge in [-0.25, -0.2) is 4.79 Å². The van der Waals surface area contributed by atoms with Crippen LogP contribution in [0.4, 0.5) is 5.69 Å². The summed E-state index contributed by atoms with van der Waals surface area (Å²) < 4.78 is 12.0. The minimum atomic E-state index is -0.404. The molecule has 11 heteroatoms. The lowest BCUT2D eigenvalue weighted by atomic mass is 10.2. The molecule has 0 radical (unpaired) electrons. The summed E-state index contributed by atoms with van der Waals surface area (Å²) in [7, 11) is 1.57. The predicted molar refractivity (Wildman–Crippen MR) is 141 cm³/mol. The quantitative estimate of drug-likeness (QED) is 0.254. The molecule has 0 saturated heterocycles. The highest BCUT2D eigenvalue weighted by molar-refractivity contribution is 7.99. The summed E-state index contributed by atoms with van der Waals surface area (Å²) in [5.74, 6) is 0.576. The molecule has 0 atom stereocenters. The SMILES string of the molecule is CCCCn1c(CNC(=O)c2ccc(OC)cc2)nnc1SCC(=O)Nc1ccc(C(=O)OCC)cc1. The Morgan fingerprint density at radius 3 is 2.32 bits per heavy atom. The number of hydrogen-bond acceptors (Lipinski definition) is 8. The van der Waals surface area contributed by atoms with Crippen LogP contribution in [0.15, 0.2) is 53.7 Å². The minimum absolute atomic E-state index is 0.127. The number of aromatic nitrogens is 3. The van der Waals surface area contributed by atoms with E-state index in [0.29, 0.717) is 46.7 Å². The summed E-state index contributed by atoms with van der Waals surface area (Å²) in [5, 5.41) is 14.8. The summed E-state index contributed by atoms with van der Waals surface area (Å²) in [4.78, 5) is 36.8. The Hall–Kier alpha value is -3.86. The van der Waals surface area contributed by atoms with Crippen molar-refractivity contribution in [3.63, 3.8) is 0 Å². The van der Waals surface area contributed by atoms with Crippen LogP contribution in [0.1, 0.15) is 53.2 Å². The number of ether oxygens (including phenoxy) is 2. The van der Waals surface area contributed by atoms with Gasteiger partial charge in [-0.1, -0.05) is 25.1 Å². The topological polar surface area (TPSA) is 124 Å². The number of anilines is 1. The summed E-state index contributed by atoms with van der Waals surface area (Å²) >= 11 is 1.27. The monoisotopic (exact) mass is 525 g/mol. The van der Waals surface area contributed by atoms with Crippen molar-refractivity contribution in [2.45, 2.75) is 44.9 Å². The molecule has 0 unspecified atom stereocenters. The number of amides is 2. The van der Waals surface area contributed by atoms with Crippen LogP contribution in [-0.2, 0) is 22.6 Å². The van der Waals surface area contributed by atoms with E-state index in [1.54, 1.807) is 62.6 Å². The minimum Gasteiger partial charge on any atom is -0.497 e. The molecule has 0 spiro atoms. The molecule has 3 aromatic rings. The fourth-order valence-electron chi connectivity index (χ4n) is 3.33. The van der Waals surface area contributed by atoms with Crippen molar-refractivity contribution in [2.75, 3.05) is 24.8 Å². The highest BCUT2D eigenvalue weighted by Crippen LogP contribution is 2.19. The van der Waals surface area contributed by atoms with E-state index in [9.17, 15) is 14.4 Å². The molecule has 0 bridgehead atoms. The molecule has 10 nitrogen and oxygen atoms in total. The predicted octanol–water partition coefficient (Wildman–Crippen LogP) is 3.92. The number of unbranched alkanes of at least 4 members (excludes halogenated alkanes) is 1. The molecular formula is C26H31N5O5S. The van der Waals surface area contributed by atoms with Gasteiger partial charge in [-0.05, 0) is 61.9 Å². The van der Waals surface area contributed by atoms with E-state index in [0.717, 1.165) is 12.8 Å². The lowest BCUT2D eigenvalue weighted by molar-refractivity contribution is -0.113. The van der Waals surface area contributed by atoms with Crippen molar-refractivity contribution < 1.29 is 23.9 Å². The molecule has 0 aliphatic heterocycles. The Balaban J connectivity index is 1.58. The molecule has 2 aromatic carbocycles. The lowest BCUT2D eigenvalue weighted by Crippen LogP contribution is -2.25. The molecule has 196 valence electrons. The van der Waals surface area contributed by atoms with E-state index in [-0.39, 0.29) is 24.1 Å². The van der Waals surface area contributed by atoms with Crippen molar-refractivity contribution in [2.24, 2.45) is 0 Å². The van der Waals surface area contributed by atoms with Crippen LogP contribution in [-0.4, -0.2) is 52.0 Å². The first-order valence-corrected chi connectivity index (χ1v) is 13.0. The van der Waals surface area contributed by atoms with Gasteiger partial charge in [-0.3, -0.25) is 9.59 Å². The molecular weight excluding hydrogens is 494 g/mol. The summed E-state index contributed by atoms with van der Waals surface area (Å²) in [6.07, 6.45) is 1.88. The van der Waals surface area contributed by atoms with Gasteiger partial charge in [0.2, 0.25) is 5.91 Å². The molecule has 0 fully saturated rings. The maximum Gasteiger partial charge on any atom is 0.338 e. The van der Waals surface area contributed by atoms with Crippen molar-refractivity contribution >= 4 is 35.2 Å². The van der Waals surface area contributed by atoms with Gasteiger partial charge in [0.1, 0.15) is 5.75 Å². The normalized spacial score (nSPS) is 10.6. The van der Waals surface area contributed by atoms with Crippen LogP contribution in [0.2, 0.25) is 0 Å². The molecule has 1 heterocycles. The van der Waals surface area contributed by atoms with E-state index in [1.807, 2.05) is 4.57 Å². The third-order valence-electron chi connectivity index (χ3n) is 5.30. The Kier molecular flexibility index (Phi) is 10.5. The molecule has 0 saturated carbocycles. The standard InChI is InChI=1S/C26H31N5O5S/c1-4-6-15-31-22(16-27-24(33)18-9-13-21(35-3)14-10-18)29-30-26(31)37-17-23(32)28-20-11-7-19(8-12-20)25(34)36-5-2/h7-14H,4-6,15-17H2,1-3H3,(H,27,33)(H,28,32). The number of benzene rings is 2. The molecule has 0 aliphatic carbocycles. The average molecular weight is 526 g/mol. The highest BCUT2D eigenvalue weighted by atomic mass is 32.2. The number of thioether (sulfide) groups is 1. The van der Waals surface area contributed by atoms with Crippen molar-refractivity contribution in [1.82, 2.24) is 20.1 Å². The summed E-state index contributed by atoms with van der Waals surface area (Å²) in [5.41, 5.74) is 1.51. The zero-order valence-corrected chi connectivity index (χ0v) is 22.0. The third kappa shape index (κ3) is 8.07. The van der Waals surface area contributed by atoms with E-state index >= 15 is 0 Å². The number of esters is 1. The van der Waals surface area contributed by atoms with Gasteiger partial charge in [0.05, 0.1) is 31.6 Å². The van der Waals surface area contributed by atoms with Gasteiger partial charge in [0.25, 0.3) is 5.91 Å². The number of nitrogens with one attached hydrogen (secondary N) is 2. The number of carbonyl (C=O) groups is 3. The van der Waals surface area contributed by atoms with Gasteiger partial charge in [0, 0.05) is 17.8 Å². The Morgan fingerprint density at radius 1 is 0.973 bits per heavy atom. The van der Waals surface area contributed by atoms with Gasteiger partial charge in [-0.2, -0.15) is 0 Å². The molecule has 1 aromatic heterocycles. The van der Waals surface area contributed by atoms with Crippen LogP contribution in [0.3, 0.4) is 0 Å². The number of methoxy groups -OCH3 is 1. The summed E-state index contributed by atoms with van der Waals surface area (Å²) in [6.45, 7) is 5.02. The molecule has 0 aliphatic rings. The lowest BCUT2D eigenvalue weighted by Gasteiger charge is -2.11. The van der Waals surface area contributed by atoms with Crippen molar-refractivity contribution in [1.29, 1.82) is 0 Å². The van der Waals surface area contributed by atoms with E-state index in [2.05, 4.69) is 27.8 Å². The second-order valence-electron chi connectivity index (χ2n) is 7.95. The number of hydrogen-bond donors (Lipinski definition) is 2. The van der Waals surface area contributed by atoms with Crippen LogP contribution in [0.25, 0.3) is 0 Å². The van der Waals surface area contributed by atoms with Gasteiger partial charge in [-0.15, -0.1) is 10.2 Å². The smallest absolute Gasteiger partial charge is 0.338 e. The second-order valence-corrected chi connectivity index (χ2v) is 8.89. The average Bonchev–Trinajstić information content (AvgIpc) is 3.31. The van der Waals surface area contributed by atoms with E-state index in [4.69, 9.17) is 9.47 Å². The summed E-state index contributed by atoms with van der Waals surface area (Å²) in [6, 6.07) is 13.4. The first kappa shape index (κ1) is 27.7. The molecule has 37 heavy (non-hydrogen) atoms. The van der Waals surface area contributed by atoms with Crippen molar-refractivity contribution in [3.8, 4) is 5.75 Å². The first-order chi connectivity index (χ1) is 17.9. The Labute approximate surface area is 220 Å². The fourth-order valence-corrected chi connectivity index (χ4v) is 4.12. The Bertz CT molecular complexity index is 1200. The Morgan fingerprint density at radius 2 is 1.68 bits per heavy atom. The van der Waals surface area contributed by atoms with Crippen LogP contribution in [0.5, 0.6) is 5.75 Å². The fraction of sp³-hybridized carbons (Fsp3) is 0.346. The second kappa shape index (κ2) is 14.0. The van der Waals surface area contributed by atoms with E-state index < -0.39 is 5.97 Å². The molecule has 2 amide bonds. The maximum atomic E-state index is 12.5. The first-order valence-electron chi connectivity index (χ1n) is 12.0. The van der Waals surface area contributed by atoms with Gasteiger partial charge in [0.15, 0.2) is 11.0 Å². The zero-order valence-electron chi connectivity index (χ0n) is 21.2. The zero-order chi connectivity index (χ0) is 26.6. The number of carbonyl (C=O) groups excluding carboxylic acids is 3. The number of rotatable bonds is 13. The highest BCUT2D eigenvalue weighted by Gasteiger charge is 2.16. The van der Waals surface area contributed by atoms with E-state index in [1.165, 1.54) is 11.8 Å². The van der Waals surface area contributed by atoms with Crippen LogP contribution in [0, 0.1) is 0 Å². The third-order valence-corrected chi connectivity index (χ3v) is 6.27. The largest absolute Gasteiger partial charge is 0.497 e. The van der Waals surface area contributed by atoms with Gasteiger partial charge >= 0.3 is 5.97 Å². The molecule has 2 N–H and O–H groups in total. The number of nitrogens with zero attached hydrogens (tertiary/aromatic N) is 3. The van der Waals surface area contributed by atoms with Gasteiger partial charge < -0.3 is 24.7 Å². The van der Waals surface area contributed by atoms with Crippen molar-refractivity contribution in [3.05, 3.63) is 65.5 Å². The van der Waals surface area contributed by atoms with Crippen LogP contribution < -0.4 is 15.4 Å². The molecule has 3 rings (SSSR count).